The van der Waals surface area contributed by atoms with Crippen LogP contribution in [0.4, 0.5) is 5.69 Å². The first-order chi connectivity index (χ1) is 14.0. The van der Waals surface area contributed by atoms with E-state index in [1.54, 1.807) is 25.3 Å². The Kier molecular flexibility index (Phi) is 7.12. The van der Waals surface area contributed by atoms with Gasteiger partial charge in [-0.15, -0.1) is 0 Å². The van der Waals surface area contributed by atoms with Crippen LogP contribution in [0.5, 0.6) is 5.75 Å². The lowest BCUT2D eigenvalue weighted by atomic mass is 10.1. The van der Waals surface area contributed by atoms with E-state index in [2.05, 4.69) is 5.32 Å². The molecule has 0 bridgehead atoms. The highest BCUT2D eigenvalue weighted by Gasteiger charge is 2.23. The predicted molar refractivity (Wildman–Crippen MR) is 115 cm³/mol. The van der Waals surface area contributed by atoms with Crippen molar-refractivity contribution in [2.24, 2.45) is 0 Å². The lowest BCUT2D eigenvalue weighted by Gasteiger charge is -2.34. The quantitative estimate of drug-likeness (QED) is 0.787. The van der Waals surface area contributed by atoms with Gasteiger partial charge in [0, 0.05) is 31.2 Å². The lowest BCUT2D eigenvalue weighted by molar-refractivity contribution is -0.132. The molecule has 0 unspecified atom stereocenters. The maximum absolute atomic E-state index is 12.6. The summed E-state index contributed by atoms with van der Waals surface area (Å²) in [5.41, 5.74) is 2.75. The van der Waals surface area contributed by atoms with Gasteiger partial charge in [0.1, 0.15) is 5.75 Å². The van der Waals surface area contributed by atoms with E-state index in [-0.39, 0.29) is 18.4 Å². The molecule has 1 N–H and O–H groups in total. The second kappa shape index (κ2) is 9.76. The summed E-state index contributed by atoms with van der Waals surface area (Å²) in [6.07, 6.45) is 0.418. The van der Waals surface area contributed by atoms with E-state index >= 15 is 0 Å². The lowest BCUT2D eigenvalue weighted by Crippen LogP contribution is -2.50. The Morgan fingerprint density at radius 3 is 2.52 bits per heavy atom. The van der Waals surface area contributed by atoms with Gasteiger partial charge < -0.3 is 15.0 Å². The van der Waals surface area contributed by atoms with Gasteiger partial charge in [-0.2, -0.15) is 0 Å². The van der Waals surface area contributed by atoms with Crippen LogP contribution in [0.25, 0.3) is 0 Å². The SMILES string of the molecule is COc1ccc(Cl)cc1NC(=O)CN1CCN(C(=O)Cc2ccccc2C)CC1. The molecule has 0 atom stereocenters. The smallest absolute Gasteiger partial charge is 0.238 e. The fraction of sp³-hybridized carbons (Fsp3) is 0.364. The normalized spacial score (nSPS) is 14.5. The van der Waals surface area contributed by atoms with Crippen molar-refractivity contribution >= 4 is 29.1 Å². The number of amides is 2. The molecule has 2 aromatic carbocycles. The number of ether oxygens (including phenoxy) is 1. The number of piperazine rings is 1. The maximum Gasteiger partial charge on any atom is 0.238 e. The number of carbonyl (C=O) groups is 2. The molecule has 0 saturated carbocycles. The molecule has 7 heteroatoms. The Morgan fingerprint density at radius 1 is 1.10 bits per heavy atom. The van der Waals surface area contributed by atoms with E-state index in [0.29, 0.717) is 49.1 Å². The number of rotatable bonds is 6. The van der Waals surface area contributed by atoms with E-state index in [0.717, 1.165) is 11.1 Å². The molecular formula is C22H26ClN3O3. The Labute approximate surface area is 176 Å². The van der Waals surface area contributed by atoms with Crippen molar-refractivity contribution in [2.45, 2.75) is 13.3 Å². The van der Waals surface area contributed by atoms with Crippen molar-refractivity contribution in [2.75, 3.05) is 45.2 Å². The van der Waals surface area contributed by atoms with Gasteiger partial charge in [0.05, 0.1) is 25.8 Å². The molecule has 1 heterocycles. The van der Waals surface area contributed by atoms with Gasteiger partial charge in [-0.3, -0.25) is 14.5 Å². The third-order valence-corrected chi connectivity index (χ3v) is 5.37. The first-order valence-electron chi connectivity index (χ1n) is 9.64. The van der Waals surface area contributed by atoms with Crippen LogP contribution < -0.4 is 10.1 Å². The molecule has 0 aliphatic carbocycles. The third kappa shape index (κ3) is 5.71. The number of anilines is 1. The number of halogens is 1. The first-order valence-corrected chi connectivity index (χ1v) is 10.0. The average molecular weight is 416 g/mol. The Hall–Kier alpha value is -2.57. The van der Waals surface area contributed by atoms with Crippen LogP contribution in [0.1, 0.15) is 11.1 Å². The molecular weight excluding hydrogens is 390 g/mol. The maximum atomic E-state index is 12.6. The number of aryl methyl sites for hydroxylation is 1. The number of nitrogens with zero attached hydrogens (tertiary/aromatic N) is 2. The summed E-state index contributed by atoms with van der Waals surface area (Å²) in [4.78, 5) is 28.9. The number of benzene rings is 2. The summed E-state index contributed by atoms with van der Waals surface area (Å²) in [7, 11) is 1.55. The molecule has 0 radical (unpaired) electrons. The molecule has 1 aliphatic heterocycles. The van der Waals surface area contributed by atoms with Crippen LogP contribution in [-0.4, -0.2) is 61.4 Å². The summed E-state index contributed by atoms with van der Waals surface area (Å²) < 4.78 is 5.26. The number of hydrogen-bond donors (Lipinski definition) is 1. The Balaban J connectivity index is 1.48. The standard InChI is InChI=1S/C22H26ClN3O3/c1-16-5-3-4-6-17(16)13-22(28)26-11-9-25(10-12-26)15-21(27)24-19-14-18(23)7-8-20(19)29-2/h3-8,14H,9-13,15H2,1-2H3,(H,24,27). The minimum atomic E-state index is -0.134. The molecule has 154 valence electrons. The minimum absolute atomic E-state index is 0.132. The number of nitrogens with one attached hydrogen (secondary N) is 1. The van der Waals surface area contributed by atoms with Crippen molar-refractivity contribution in [3.8, 4) is 5.75 Å². The van der Waals surface area contributed by atoms with Gasteiger partial charge in [-0.25, -0.2) is 0 Å². The van der Waals surface area contributed by atoms with Gasteiger partial charge in [0.25, 0.3) is 0 Å². The number of carbonyl (C=O) groups excluding carboxylic acids is 2. The predicted octanol–water partition coefficient (Wildman–Crippen LogP) is 2.98. The van der Waals surface area contributed by atoms with E-state index in [1.807, 2.05) is 41.0 Å². The highest BCUT2D eigenvalue weighted by Crippen LogP contribution is 2.27. The highest BCUT2D eigenvalue weighted by molar-refractivity contribution is 6.31. The fourth-order valence-electron chi connectivity index (χ4n) is 3.41. The monoisotopic (exact) mass is 415 g/mol. The molecule has 1 fully saturated rings. The van der Waals surface area contributed by atoms with E-state index < -0.39 is 0 Å². The molecule has 0 aromatic heterocycles. The zero-order valence-corrected chi connectivity index (χ0v) is 17.5. The fourth-order valence-corrected chi connectivity index (χ4v) is 3.58. The largest absolute Gasteiger partial charge is 0.495 e. The van der Waals surface area contributed by atoms with E-state index in [1.165, 1.54) is 0 Å². The summed E-state index contributed by atoms with van der Waals surface area (Å²) in [6, 6.07) is 13.1. The highest BCUT2D eigenvalue weighted by atomic mass is 35.5. The van der Waals surface area contributed by atoms with Crippen LogP contribution in [0.2, 0.25) is 5.02 Å². The Morgan fingerprint density at radius 2 is 1.83 bits per heavy atom. The van der Waals surface area contributed by atoms with E-state index in [4.69, 9.17) is 16.3 Å². The molecule has 1 saturated heterocycles. The summed E-state index contributed by atoms with van der Waals surface area (Å²) in [5, 5.41) is 3.38. The summed E-state index contributed by atoms with van der Waals surface area (Å²) in [5.74, 6) is 0.562. The van der Waals surface area contributed by atoms with Crippen molar-refractivity contribution in [3.05, 3.63) is 58.6 Å². The number of hydrogen-bond acceptors (Lipinski definition) is 4. The van der Waals surface area contributed by atoms with Crippen molar-refractivity contribution < 1.29 is 14.3 Å². The molecule has 1 aliphatic rings. The van der Waals surface area contributed by atoms with Crippen LogP contribution in [0.15, 0.2) is 42.5 Å². The molecule has 2 amide bonds. The second-order valence-electron chi connectivity index (χ2n) is 7.15. The van der Waals surface area contributed by atoms with Crippen molar-refractivity contribution in [1.82, 2.24) is 9.80 Å². The van der Waals surface area contributed by atoms with Crippen molar-refractivity contribution in [3.63, 3.8) is 0 Å². The average Bonchev–Trinajstić information content (AvgIpc) is 2.70. The molecule has 6 nitrogen and oxygen atoms in total. The van der Waals surface area contributed by atoms with Gasteiger partial charge in [-0.05, 0) is 36.2 Å². The summed E-state index contributed by atoms with van der Waals surface area (Å²) in [6.45, 7) is 4.86. The molecule has 2 aromatic rings. The minimum Gasteiger partial charge on any atom is -0.495 e. The zero-order chi connectivity index (χ0) is 20.8. The Bertz CT molecular complexity index is 879. The molecule has 3 rings (SSSR count). The van der Waals surface area contributed by atoms with Crippen LogP contribution >= 0.6 is 11.6 Å². The van der Waals surface area contributed by atoms with Gasteiger partial charge in [0.15, 0.2) is 0 Å². The van der Waals surface area contributed by atoms with Crippen LogP contribution in [0.3, 0.4) is 0 Å². The van der Waals surface area contributed by atoms with Gasteiger partial charge >= 0.3 is 0 Å². The second-order valence-corrected chi connectivity index (χ2v) is 7.59. The summed E-state index contributed by atoms with van der Waals surface area (Å²) >= 11 is 6.01. The van der Waals surface area contributed by atoms with Crippen LogP contribution in [0, 0.1) is 6.92 Å². The van der Waals surface area contributed by atoms with E-state index in [9.17, 15) is 9.59 Å². The molecule has 0 spiro atoms. The van der Waals surface area contributed by atoms with Gasteiger partial charge in [-0.1, -0.05) is 35.9 Å². The topological polar surface area (TPSA) is 61.9 Å². The van der Waals surface area contributed by atoms with Crippen LogP contribution in [-0.2, 0) is 16.0 Å². The zero-order valence-electron chi connectivity index (χ0n) is 16.8. The third-order valence-electron chi connectivity index (χ3n) is 5.13. The molecule has 29 heavy (non-hydrogen) atoms. The van der Waals surface area contributed by atoms with Crippen molar-refractivity contribution in [1.29, 1.82) is 0 Å². The first kappa shape index (κ1) is 21.1. The number of methoxy groups -OCH3 is 1. The van der Waals surface area contributed by atoms with Gasteiger partial charge in [0.2, 0.25) is 11.8 Å².